The first-order chi connectivity index (χ1) is 11.3. The van der Waals surface area contributed by atoms with E-state index in [1.54, 1.807) is 22.7 Å². The maximum Gasteiger partial charge on any atom is 0.133 e. The number of hydrogen-bond acceptors (Lipinski definition) is 5. The van der Waals surface area contributed by atoms with Gasteiger partial charge in [-0.05, 0) is 37.8 Å². The van der Waals surface area contributed by atoms with Crippen molar-refractivity contribution in [2.75, 3.05) is 6.54 Å². The summed E-state index contributed by atoms with van der Waals surface area (Å²) in [5, 5.41) is 5.48. The molecular weight excluding hydrogens is 324 g/mol. The number of aromatic nitrogens is 3. The van der Waals surface area contributed by atoms with Crippen molar-refractivity contribution < 1.29 is 0 Å². The summed E-state index contributed by atoms with van der Waals surface area (Å²) in [7, 11) is 0. The molecule has 0 bridgehead atoms. The van der Waals surface area contributed by atoms with Gasteiger partial charge in [-0.15, -0.1) is 22.7 Å². The van der Waals surface area contributed by atoms with Gasteiger partial charge in [-0.3, -0.25) is 4.90 Å². The Kier molecular flexibility index (Phi) is 4.29. The van der Waals surface area contributed by atoms with E-state index < -0.39 is 0 Å². The van der Waals surface area contributed by atoms with Crippen LogP contribution in [0.5, 0.6) is 0 Å². The molecule has 3 aromatic rings. The highest BCUT2D eigenvalue weighted by Gasteiger charge is 2.25. The summed E-state index contributed by atoms with van der Waals surface area (Å²) in [4.78, 5) is 13.0. The molecule has 120 valence electrons. The third kappa shape index (κ3) is 3.24. The van der Waals surface area contributed by atoms with Crippen LogP contribution in [0.1, 0.15) is 24.4 Å². The minimum absolute atomic E-state index is 0.592. The molecule has 0 spiro atoms. The summed E-state index contributed by atoms with van der Waals surface area (Å²) >= 11 is 3.52. The molecule has 6 heteroatoms. The van der Waals surface area contributed by atoms with E-state index >= 15 is 0 Å². The average Bonchev–Trinajstić information content (AvgIpc) is 3.31. The summed E-state index contributed by atoms with van der Waals surface area (Å²) in [6, 6.07) is 4.83. The summed E-state index contributed by atoms with van der Waals surface area (Å²) in [6.07, 6.45) is 6.52. The van der Waals surface area contributed by atoms with Crippen molar-refractivity contribution in [3.63, 3.8) is 0 Å². The second-order valence-corrected chi connectivity index (χ2v) is 7.82. The minimum Gasteiger partial charge on any atom is -0.334 e. The highest BCUT2D eigenvalue weighted by molar-refractivity contribution is 7.20. The molecule has 0 aromatic carbocycles. The van der Waals surface area contributed by atoms with Gasteiger partial charge in [0.25, 0.3) is 0 Å². The van der Waals surface area contributed by atoms with Crippen LogP contribution in [0.4, 0.5) is 0 Å². The van der Waals surface area contributed by atoms with Crippen LogP contribution in [-0.2, 0) is 13.1 Å². The molecule has 4 heterocycles. The van der Waals surface area contributed by atoms with E-state index in [0.717, 1.165) is 23.9 Å². The van der Waals surface area contributed by atoms with Gasteiger partial charge in [-0.1, -0.05) is 6.07 Å². The number of imidazole rings is 1. The molecule has 1 saturated heterocycles. The second-order valence-electron chi connectivity index (χ2n) is 6.01. The standard InChI is InChI=1S/C17H20N4S2/c1-13-18-6-8-20(13)11-15-4-2-7-21(15)10-14-12-23-17(19-14)16-5-3-9-22-16/h3,5-6,8-9,12,15H,2,4,7,10-11H2,1H3. The van der Waals surface area contributed by atoms with E-state index in [0.29, 0.717) is 6.04 Å². The fourth-order valence-electron chi connectivity index (χ4n) is 3.23. The van der Waals surface area contributed by atoms with Gasteiger partial charge >= 0.3 is 0 Å². The van der Waals surface area contributed by atoms with Crippen molar-refractivity contribution in [3.05, 3.63) is 46.8 Å². The largest absolute Gasteiger partial charge is 0.334 e. The highest BCUT2D eigenvalue weighted by atomic mass is 32.1. The van der Waals surface area contributed by atoms with Gasteiger partial charge in [0, 0.05) is 36.9 Å². The summed E-state index contributed by atoms with van der Waals surface area (Å²) in [5.41, 5.74) is 1.20. The van der Waals surface area contributed by atoms with Gasteiger partial charge in [-0.25, -0.2) is 9.97 Å². The molecule has 1 fully saturated rings. The average molecular weight is 345 g/mol. The SMILES string of the molecule is Cc1nccn1CC1CCCN1Cc1csc(-c2cccs2)n1. The fraction of sp³-hybridized carbons (Fsp3) is 0.412. The molecule has 0 N–H and O–H groups in total. The minimum atomic E-state index is 0.592. The Bertz CT molecular complexity index is 759. The van der Waals surface area contributed by atoms with Crippen LogP contribution in [0, 0.1) is 6.92 Å². The van der Waals surface area contributed by atoms with Crippen molar-refractivity contribution >= 4 is 22.7 Å². The number of likely N-dealkylation sites (tertiary alicyclic amines) is 1. The van der Waals surface area contributed by atoms with Gasteiger partial charge in [0.1, 0.15) is 10.8 Å². The van der Waals surface area contributed by atoms with Crippen molar-refractivity contribution in [2.24, 2.45) is 0 Å². The molecule has 23 heavy (non-hydrogen) atoms. The second kappa shape index (κ2) is 6.55. The van der Waals surface area contributed by atoms with E-state index in [1.807, 2.05) is 6.20 Å². The van der Waals surface area contributed by atoms with E-state index in [2.05, 4.69) is 50.5 Å². The molecule has 0 radical (unpaired) electrons. The lowest BCUT2D eigenvalue weighted by molar-refractivity contribution is 0.221. The van der Waals surface area contributed by atoms with Crippen LogP contribution in [0.25, 0.3) is 9.88 Å². The molecule has 0 aliphatic carbocycles. The molecule has 3 aromatic heterocycles. The van der Waals surface area contributed by atoms with Crippen LogP contribution >= 0.6 is 22.7 Å². The van der Waals surface area contributed by atoms with E-state index in [9.17, 15) is 0 Å². The predicted octanol–water partition coefficient (Wildman–Crippen LogP) is 4.04. The Balaban J connectivity index is 1.44. The third-order valence-electron chi connectivity index (χ3n) is 4.48. The van der Waals surface area contributed by atoms with E-state index in [4.69, 9.17) is 4.98 Å². The van der Waals surface area contributed by atoms with Crippen LogP contribution in [0.15, 0.2) is 35.3 Å². The molecule has 4 nitrogen and oxygen atoms in total. The first kappa shape index (κ1) is 15.1. The van der Waals surface area contributed by atoms with Crippen LogP contribution in [-0.4, -0.2) is 32.0 Å². The maximum absolute atomic E-state index is 4.83. The van der Waals surface area contributed by atoms with Gasteiger partial charge in [0.05, 0.1) is 10.6 Å². The van der Waals surface area contributed by atoms with Gasteiger partial charge in [0.15, 0.2) is 0 Å². The lowest BCUT2D eigenvalue weighted by atomic mass is 10.2. The number of rotatable bonds is 5. The Hall–Kier alpha value is -1.50. The van der Waals surface area contributed by atoms with Crippen molar-refractivity contribution in [1.82, 2.24) is 19.4 Å². The van der Waals surface area contributed by atoms with Crippen molar-refractivity contribution in [3.8, 4) is 9.88 Å². The molecule has 0 amide bonds. The first-order valence-electron chi connectivity index (χ1n) is 7.99. The molecular formula is C17H20N4S2. The molecule has 1 aliphatic rings. The smallest absolute Gasteiger partial charge is 0.133 e. The lowest BCUT2D eigenvalue weighted by Crippen LogP contribution is -2.32. The topological polar surface area (TPSA) is 34.0 Å². The zero-order chi connectivity index (χ0) is 15.6. The van der Waals surface area contributed by atoms with Crippen molar-refractivity contribution in [2.45, 2.75) is 38.9 Å². The fourth-order valence-corrected chi connectivity index (χ4v) is 4.86. The quantitative estimate of drug-likeness (QED) is 0.700. The van der Waals surface area contributed by atoms with E-state index in [-0.39, 0.29) is 0 Å². The Morgan fingerprint density at radius 1 is 1.35 bits per heavy atom. The van der Waals surface area contributed by atoms with E-state index in [1.165, 1.54) is 30.0 Å². The molecule has 1 atom stereocenters. The Morgan fingerprint density at radius 2 is 2.30 bits per heavy atom. The normalized spacial score (nSPS) is 18.7. The summed E-state index contributed by atoms with van der Waals surface area (Å²) < 4.78 is 2.26. The van der Waals surface area contributed by atoms with Gasteiger partial charge in [0.2, 0.25) is 0 Å². The van der Waals surface area contributed by atoms with Crippen LogP contribution < -0.4 is 0 Å². The first-order valence-corrected chi connectivity index (χ1v) is 9.75. The molecule has 1 unspecified atom stereocenters. The highest BCUT2D eigenvalue weighted by Crippen LogP contribution is 2.29. The Labute approximate surface area is 144 Å². The van der Waals surface area contributed by atoms with Crippen LogP contribution in [0.2, 0.25) is 0 Å². The molecule has 0 saturated carbocycles. The number of thiophene rings is 1. The van der Waals surface area contributed by atoms with Crippen molar-refractivity contribution in [1.29, 1.82) is 0 Å². The number of hydrogen-bond donors (Lipinski definition) is 0. The number of aryl methyl sites for hydroxylation is 1. The predicted molar refractivity (Wildman–Crippen MR) is 95.8 cm³/mol. The number of nitrogens with zero attached hydrogens (tertiary/aromatic N) is 4. The zero-order valence-electron chi connectivity index (χ0n) is 13.2. The van der Waals surface area contributed by atoms with Gasteiger partial charge < -0.3 is 4.57 Å². The Morgan fingerprint density at radius 3 is 3.09 bits per heavy atom. The monoisotopic (exact) mass is 344 g/mol. The maximum atomic E-state index is 4.83. The van der Waals surface area contributed by atoms with Gasteiger partial charge in [-0.2, -0.15) is 0 Å². The summed E-state index contributed by atoms with van der Waals surface area (Å²) in [6.45, 7) is 5.24. The zero-order valence-corrected chi connectivity index (χ0v) is 14.8. The molecule has 1 aliphatic heterocycles. The molecule has 4 rings (SSSR count). The number of thiazole rings is 1. The third-order valence-corrected chi connectivity index (χ3v) is 6.41. The van der Waals surface area contributed by atoms with Crippen LogP contribution in [0.3, 0.4) is 0 Å². The summed E-state index contributed by atoms with van der Waals surface area (Å²) in [5.74, 6) is 1.10. The lowest BCUT2D eigenvalue weighted by Gasteiger charge is -2.24.